The summed E-state index contributed by atoms with van der Waals surface area (Å²) in [6.07, 6.45) is 2.65. The van der Waals surface area contributed by atoms with E-state index in [4.69, 9.17) is 0 Å². The van der Waals surface area contributed by atoms with Gasteiger partial charge in [-0.3, -0.25) is 0 Å². The fraction of sp³-hybridized carbons (Fsp3) is 0.818. The van der Waals surface area contributed by atoms with Gasteiger partial charge in [-0.1, -0.05) is 13.8 Å². The van der Waals surface area contributed by atoms with Gasteiger partial charge in [0.25, 0.3) is 0 Å². The van der Waals surface area contributed by atoms with Gasteiger partial charge in [-0.25, -0.2) is 4.39 Å². The molecule has 0 aromatic heterocycles. The third kappa shape index (κ3) is 2.45. The predicted octanol–water partition coefficient (Wildman–Crippen LogP) is 3.18. The number of allylic oxidation sites excluding steroid dienone is 1. The molecule has 0 aromatic rings. The number of rotatable bonds is 2. The molecule has 0 fully saturated rings. The highest BCUT2D eigenvalue weighted by molar-refractivity contribution is 5.03. The van der Waals surface area contributed by atoms with Crippen LogP contribution in [0.3, 0.4) is 0 Å². The van der Waals surface area contributed by atoms with E-state index < -0.39 is 0 Å². The van der Waals surface area contributed by atoms with E-state index in [1.165, 1.54) is 0 Å². The first-order valence-corrected chi connectivity index (χ1v) is 5.15. The molecular weight excluding hydrogens is 165 g/mol. The lowest BCUT2D eigenvalue weighted by Crippen LogP contribution is -2.33. The van der Waals surface area contributed by atoms with E-state index in [2.05, 4.69) is 32.6 Å². The van der Waals surface area contributed by atoms with Gasteiger partial charge in [-0.2, -0.15) is 0 Å². The van der Waals surface area contributed by atoms with Gasteiger partial charge in [-0.15, -0.1) is 0 Å². The summed E-state index contributed by atoms with van der Waals surface area (Å²) in [4.78, 5) is 2.08. The summed E-state index contributed by atoms with van der Waals surface area (Å²) in [5.74, 6) is 0.635. The van der Waals surface area contributed by atoms with Crippen LogP contribution in [0.15, 0.2) is 12.0 Å². The molecule has 0 amide bonds. The van der Waals surface area contributed by atoms with Crippen molar-refractivity contribution in [3.63, 3.8) is 0 Å². The molecule has 0 radical (unpaired) electrons. The molecule has 1 rings (SSSR count). The van der Waals surface area contributed by atoms with Crippen LogP contribution in [-0.2, 0) is 0 Å². The smallest absolute Gasteiger partial charge is 0.119 e. The molecular formula is C11H20FN. The van der Waals surface area contributed by atoms with Crippen LogP contribution in [0.2, 0.25) is 0 Å². The maximum absolute atomic E-state index is 13.5. The molecule has 1 unspecified atom stereocenters. The Balaban J connectivity index is 2.67. The highest BCUT2D eigenvalue weighted by Crippen LogP contribution is 2.30. The highest BCUT2D eigenvalue weighted by atomic mass is 19.1. The summed E-state index contributed by atoms with van der Waals surface area (Å²) >= 11 is 0. The van der Waals surface area contributed by atoms with E-state index in [9.17, 15) is 4.39 Å². The first-order chi connectivity index (χ1) is 6.02. The summed E-state index contributed by atoms with van der Waals surface area (Å²) in [5.41, 5.74) is 0. The van der Waals surface area contributed by atoms with E-state index in [0.29, 0.717) is 12.0 Å². The minimum absolute atomic E-state index is 0.0648. The van der Waals surface area contributed by atoms with Crippen molar-refractivity contribution in [2.45, 2.75) is 40.2 Å². The first-order valence-electron chi connectivity index (χ1n) is 5.15. The van der Waals surface area contributed by atoms with Crippen LogP contribution >= 0.6 is 0 Å². The van der Waals surface area contributed by atoms with Crippen LogP contribution in [0.5, 0.6) is 0 Å². The molecule has 0 bridgehead atoms. The van der Waals surface area contributed by atoms with E-state index in [-0.39, 0.29) is 11.7 Å². The average molecular weight is 185 g/mol. The van der Waals surface area contributed by atoms with Crippen LogP contribution in [0.25, 0.3) is 0 Å². The zero-order chi connectivity index (χ0) is 10.0. The normalized spacial score (nSPS) is 24.1. The topological polar surface area (TPSA) is 3.24 Å². The Morgan fingerprint density at radius 1 is 1.38 bits per heavy atom. The zero-order valence-corrected chi connectivity index (χ0v) is 9.05. The molecule has 0 aliphatic carbocycles. The molecule has 2 heteroatoms. The van der Waals surface area contributed by atoms with Crippen molar-refractivity contribution in [1.29, 1.82) is 0 Å². The van der Waals surface area contributed by atoms with Crippen molar-refractivity contribution >= 4 is 0 Å². The molecule has 0 N–H and O–H groups in total. The Bertz CT molecular complexity index is 196. The SMILES string of the molecule is CC(C)C1CCN(C(C)C)C=C1F. The molecule has 1 heterocycles. The molecule has 0 spiro atoms. The second kappa shape index (κ2) is 4.12. The lowest BCUT2D eigenvalue weighted by atomic mass is 9.89. The van der Waals surface area contributed by atoms with Gasteiger partial charge in [0.05, 0.1) is 0 Å². The Morgan fingerprint density at radius 2 is 2.00 bits per heavy atom. The summed E-state index contributed by atoms with van der Waals surface area (Å²) < 4.78 is 13.5. The molecule has 1 aliphatic heterocycles. The highest BCUT2D eigenvalue weighted by Gasteiger charge is 2.24. The van der Waals surface area contributed by atoms with Crippen LogP contribution in [0, 0.1) is 11.8 Å². The Kier molecular flexibility index (Phi) is 3.34. The molecule has 1 aliphatic rings. The molecule has 76 valence electrons. The third-order valence-corrected chi connectivity index (χ3v) is 2.81. The molecule has 0 saturated carbocycles. The zero-order valence-electron chi connectivity index (χ0n) is 9.05. The lowest BCUT2D eigenvalue weighted by Gasteiger charge is -2.33. The molecule has 1 atom stereocenters. The van der Waals surface area contributed by atoms with Crippen molar-refractivity contribution in [1.82, 2.24) is 4.90 Å². The lowest BCUT2D eigenvalue weighted by molar-refractivity contribution is 0.215. The monoisotopic (exact) mass is 185 g/mol. The van der Waals surface area contributed by atoms with Crippen LogP contribution in [0.4, 0.5) is 4.39 Å². The van der Waals surface area contributed by atoms with E-state index in [0.717, 1.165) is 13.0 Å². The number of hydrogen-bond acceptors (Lipinski definition) is 1. The maximum atomic E-state index is 13.5. The quantitative estimate of drug-likeness (QED) is 0.638. The van der Waals surface area contributed by atoms with Crippen LogP contribution < -0.4 is 0 Å². The van der Waals surface area contributed by atoms with E-state index >= 15 is 0 Å². The van der Waals surface area contributed by atoms with Crippen LogP contribution in [-0.4, -0.2) is 17.5 Å². The fourth-order valence-corrected chi connectivity index (χ4v) is 1.80. The van der Waals surface area contributed by atoms with Crippen molar-refractivity contribution < 1.29 is 4.39 Å². The van der Waals surface area contributed by atoms with Gasteiger partial charge >= 0.3 is 0 Å². The summed E-state index contributed by atoms with van der Waals surface area (Å²) in [6.45, 7) is 9.36. The summed E-state index contributed by atoms with van der Waals surface area (Å²) in [7, 11) is 0. The largest absolute Gasteiger partial charge is 0.373 e. The minimum atomic E-state index is 0.0648. The second-order valence-corrected chi connectivity index (χ2v) is 4.48. The van der Waals surface area contributed by atoms with E-state index in [1.807, 2.05) is 0 Å². The van der Waals surface area contributed by atoms with Gasteiger partial charge in [0.2, 0.25) is 0 Å². The number of nitrogens with zero attached hydrogens (tertiary/aromatic N) is 1. The van der Waals surface area contributed by atoms with Gasteiger partial charge in [0.1, 0.15) is 5.83 Å². The first kappa shape index (κ1) is 10.6. The van der Waals surface area contributed by atoms with Crippen molar-refractivity contribution in [2.75, 3.05) is 6.54 Å². The molecule has 0 saturated heterocycles. The van der Waals surface area contributed by atoms with Gasteiger partial charge in [-0.05, 0) is 26.2 Å². The number of halogens is 1. The van der Waals surface area contributed by atoms with Crippen molar-refractivity contribution in [3.8, 4) is 0 Å². The maximum Gasteiger partial charge on any atom is 0.119 e. The molecule has 1 nitrogen and oxygen atoms in total. The third-order valence-electron chi connectivity index (χ3n) is 2.81. The van der Waals surface area contributed by atoms with E-state index in [1.54, 1.807) is 6.20 Å². The second-order valence-electron chi connectivity index (χ2n) is 4.48. The average Bonchev–Trinajstić information content (AvgIpc) is 2.03. The van der Waals surface area contributed by atoms with Gasteiger partial charge in [0, 0.05) is 24.7 Å². The Labute approximate surface area is 80.6 Å². The minimum Gasteiger partial charge on any atom is -0.373 e. The predicted molar refractivity (Wildman–Crippen MR) is 54.0 cm³/mol. The van der Waals surface area contributed by atoms with Crippen molar-refractivity contribution in [2.24, 2.45) is 11.8 Å². The van der Waals surface area contributed by atoms with Gasteiger partial charge < -0.3 is 4.90 Å². The fourth-order valence-electron chi connectivity index (χ4n) is 1.80. The summed E-state index contributed by atoms with van der Waals surface area (Å²) in [5, 5.41) is 0. The summed E-state index contributed by atoms with van der Waals surface area (Å²) in [6, 6.07) is 0.416. The standard InChI is InChI=1S/C11H20FN/c1-8(2)10-5-6-13(9(3)4)7-11(10)12/h7-10H,5-6H2,1-4H3. The Morgan fingerprint density at radius 3 is 2.38 bits per heavy atom. The number of hydrogen-bond donors (Lipinski definition) is 0. The van der Waals surface area contributed by atoms with Gasteiger partial charge in [0.15, 0.2) is 0 Å². The Hall–Kier alpha value is -0.530. The van der Waals surface area contributed by atoms with Crippen molar-refractivity contribution in [3.05, 3.63) is 12.0 Å². The molecule has 0 aromatic carbocycles. The molecule has 13 heavy (non-hydrogen) atoms. The van der Waals surface area contributed by atoms with Crippen LogP contribution in [0.1, 0.15) is 34.1 Å².